The van der Waals surface area contributed by atoms with Crippen molar-refractivity contribution in [2.75, 3.05) is 20.6 Å². The van der Waals surface area contributed by atoms with Gasteiger partial charge >= 0.3 is 0 Å². The molecular weight excluding hydrogens is 254 g/mol. The molecule has 7 heteroatoms. The molecule has 0 aliphatic heterocycles. The molecule has 6 nitrogen and oxygen atoms in total. The zero-order valence-corrected chi connectivity index (χ0v) is 11.3. The van der Waals surface area contributed by atoms with E-state index in [1.807, 2.05) is 0 Å². The van der Waals surface area contributed by atoms with Crippen LogP contribution in [0.5, 0.6) is 0 Å². The number of carbonyl (C=O) groups excluding carboxylic acids is 1. The molecule has 1 N–H and O–H groups in total. The summed E-state index contributed by atoms with van der Waals surface area (Å²) in [4.78, 5) is 14.8. The van der Waals surface area contributed by atoms with Crippen LogP contribution in [0.3, 0.4) is 0 Å². The number of aromatic nitrogens is 1. The molecule has 0 saturated carbocycles. The number of nitrogens with one attached hydrogen (secondary N) is 1. The van der Waals surface area contributed by atoms with E-state index in [0.717, 1.165) is 0 Å². The van der Waals surface area contributed by atoms with Crippen molar-refractivity contribution in [2.45, 2.75) is 17.9 Å². The third-order valence-corrected chi connectivity index (χ3v) is 4.24. The first-order valence-electron chi connectivity index (χ1n) is 5.56. The number of nitrogens with zero attached hydrogens (tertiary/aromatic N) is 2. The minimum atomic E-state index is -3.55. The second-order valence-corrected chi connectivity index (χ2v) is 5.76. The quantitative estimate of drug-likeness (QED) is 0.803. The van der Waals surface area contributed by atoms with Gasteiger partial charge in [-0.05, 0) is 18.6 Å². The summed E-state index contributed by atoms with van der Waals surface area (Å²) < 4.78 is 25.3. The molecular formula is C11H17N3O3S. The van der Waals surface area contributed by atoms with Crippen molar-refractivity contribution < 1.29 is 13.2 Å². The van der Waals surface area contributed by atoms with Crippen LogP contribution in [0, 0.1) is 0 Å². The second-order valence-electron chi connectivity index (χ2n) is 3.77. The maximum atomic E-state index is 12.0. The van der Waals surface area contributed by atoms with Gasteiger partial charge in [0.25, 0.3) is 10.0 Å². The SMILES string of the molecule is CNC(=O)CCCN(C)S(=O)(=O)c1ccccn1. The van der Waals surface area contributed by atoms with Crippen molar-refractivity contribution in [1.82, 2.24) is 14.6 Å². The molecule has 18 heavy (non-hydrogen) atoms. The molecule has 1 heterocycles. The maximum Gasteiger partial charge on any atom is 0.260 e. The Morgan fingerprint density at radius 1 is 1.44 bits per heavy atom. The highest BCUT2D eigenvalue weighted by molar-refractivity contribution is 7.89. The van der Waals surface area contributed by atoms with E-state index in [-0.39, 0.29) is 17.5 Å². The van der Waals surface area contributed by atoms with Crippen LogP contribution < -0.4 is 5.32 Å². The predicted molar refractivity (Wildman–Crippen MR) is 67.4 cm³/mol. The van der Waals surface area contributed by atoms with Crippen LogP contribution in [0.2, 0.25) is 0 Å². The number of rotatable bonds is 6. The Morgan fingerprint density at radius 2 is 2.17 bits per heavy atom. The summed E-state index contributed by atoms with van der Waals surface area (Å²) >= 11 is 0. The largest absolute Gasteiger partial charge is 0.359 e. The van der Waals surface area contributed by atoms with Crippen LogP contribution in [-0.4, -0.2) is 44.3 Å². The Morgan fingerprint density at radius 3 is 2.72 bits per heavy atom. The fraction of sp³-hybridized carbons (Fsp3) is 0.455. The predicted octanol–water partition coefficient (Wildman–Crippen LogP) is 0.228. The molecule has 1 aromatic rings. The minimum absolute atomic E-state index is 0.0208. The van der Waals surface area contributed by atoms with Crippen LogP contribution in [-0.2, 0) is 14.8 Å². The van der Waals surface area contributed by atoms with E-state index in [9.17, 15) is 13.2 Å². The zero-order chi connectivity index (χ0) is 13.6. The van der Waals surface area contributed by atoms with Crippen molar-refractivity contribution in [3.05, 3.63) is 24.4 Å². The van der Waals surface area contributed by atoms with Gasteiger partial charge in [-0.2, -0.15) is 4.31 Å². The van der Waals surface area contributed by atoms with Gasteiger partial charge in [-0.15, -0.1) is 0 Å². The molecule has 0 saturated heterocycles. The van der Waals surface area contributed by atoms with Crippen LogP contribution in [0.1, 0.15) is 12.8 Å². The minimum Gasteiger partial charge on any atom is -0.359 e. The van der Waals surface area contributed by atoms with E-state index in [4.69, 9.17) is 0 Å². The normalized spacial score (nSPS) is 11.5. The van der Waals surface area contributed by atoms with Crippen LogP contribution in [0.15, 0.2) is 29.4 Å². The van der Waals surface area contributed by atoms with Gasteiger partial charge < -0.3 is 5.32 Å². The lowest BCUT2D eigenvalue weighted by Crippen LogP contribution is -2.29. The fourth-order valence-corrected chi connectivity index (χ4v) is 2.50. The molecule has 1 rings (SSSR count). The maximum absolute atomic E-state index is 12.0. The highest BCUT2D eigenvalue weighted by Gasteiger charge is 2.21. The topological polar surface area (TPSA) is 79.4 Å². The highest BCUT2D eigenvalue weighted by Crippen LogP contribution is 2.11. The Bertz CT molecular complexity index is 488. The first-order valence-corrected chi connectivity index (χ1v) is 7.00. The molecule has 0 aromatic carbocycles. The first kappa shape index (κ1) is 14.6. The third kappa shape index (κ3) is 3.78. The second kappa shape index (κ2) is 6.46. The van der Waals surface area contributed by atoms with Gasteiger partial charge in [0.15, 0.2) is 5.03 Å². The van der Waals surface area contributed by atoms with E-state index in [1.165, 1.54) is 23.6 Å². The Labute approximate surface area is 107 Å². The van der Waals surface area contributed by atoms with E-state index < -0.39 is 10.0 Å². The van der Waals surface area contributed by atoms with E-state index in [1.54, 1.807) is 19.2 Å². The Balaban J connectivity index is 2.61. The van der Waals surface area contributed by atoms with Crippen molar-refractivity contribution in [3.8, 4) is 0 Å². The molecule has 0 unspecified atom stereocenters. The lowest BCUT2D eigenvalue weighted by Gasteiger charge is -2.15. The summed E-state index contributed by atoms with van der Waals surface area (Å²) in [6.45, 7) is 0.284. The van der Waals surface area contributed by atoms with Crippen molar-refractivity contribution in [3.63, 3.8) is 0 Å². The van der Waals surface area contributed by atoms with Gasteiger partial charge in [-0.25, -0.2) is 13.4 Å². The van der Waals surface area contributed by atoms with Crippen molar-refractivity contribution in [1.29, 1.82) is 0 Å². The first-order chi connectivity index (χ1) is 8.48. The molecule has 0 aliphatic rings. The third-order valence-electron chi connectivity index (χ3n) is 2.47. The fourth-order valence-electron chi connectivity index (χ4n) is 1.37. The standard InChI is InChI=1S/C11H17N3O3S/c1-12-10(15)6-5-9-14(2)18(16,17)11-7-3-4-8-13-11/h3-4,7-8H,5-6,9H2,1-2H3,(H,12,15). The van der Waals surface area contributed by atoms with Crippen molar-refractivity contribution in [2.24, 2.45) is 0 Å². The summed E-state index contributed by atoms with van der Waals surface area (Å²) in [6.07, 6.45) is 2.21. The van der Waals surface area contributed by atoms with Crippen molar-refractivity contribution >= 4 is 15.9 Å². The number of hydrogen-bond acceptors (Lipinski definition) is 4. The monoisotopic (exact) mass is 271 g/mol. The molecule has 0 aliphatic carbocycles. The molecule has 0 radical (unpaired) electrons. The number of carbonyl (C=O) groups is 1. The summed E-state index contributed by atoms with van der Waals surface area (Å²) in [5, 5.41) is 2.51. The molecule has 0 fully saturated rings. The Hall–Kier alpha value is -1.47. The van der Waals surface area contributed by atoms with Gasteiger partial charge in [-0.3, -0.25) is 4.79 Å². The van der Waals surface area contributed by atoms with Gasteiger partial charge in [-0.1, -0.05) is 6.07 Å². The molecule has 0 spiro atoms. The van der Waals surface area contributed by atoms with Gasteiger partial charge in [0, 0.05) is 33.3 Å². The van der Waals surface area contributed by atoms with E-state index in [2.05, 4.69) is 10.3 Å². The number of amides is 1. The molecule has 0 atom stereocenters. The highest BCUT2D eigenvalue weighted by atomic mass is 32.2. The molecule has 1 amide bonds. The summed E-state index contributed by atoms with van der Waals surface area (Å²) in [7, 11) is -0.521. The van der Waals surface area contributed by atoms with Crippen LogP contribution in [0.25, 0.3) is 0 Å². The average molecular weight is 271 g/mol. The van der Waals surface area contributed by atoms with Crippen LogP contribution in [0.4, 0.5) is 0 Å². The average Bonchev–Trinajstić information content (AvgIpc) is 2.39. The lowest BCUT2D eigenvalue weighted by atomic mass is 10.3. The number of sulfonamides is 1. The smallest absolute Gasteiger partial charge is 0.260 e. The van der Waals surface area contributed by atoms with Gasteiger partial charge in [0.2, 0.25) is 5.91 Å². The summed E-state index contributed by atoms with van der Waals surface area (Å²) in [5.74, 6) is -0.0985. The van der Waals surface area contributed by atoms with E-state index in [0.29, 0.717) is 12.8 Å². The van der Waals surface area contributed by atoms with Gasteiger partial charge in [0.05, 0.1) is 0 Å². The molecule has 0 bridgehead atoms. The number of hydrogen-bond donors (Lipinski definition) is 1. The summed E-state index contributed by atoms with van der Waals surface area (Å²) in [6, 6.07) is 4.73. The zero-order valence-electron chi connectivity index (χ0n) is 10.5. The molecule has 100 valence electrons. The summed E-state index contributed by atoms with van der Waals surface area (Å²) in [5.41, 5.74) is 0. The van der Waals surface area contributed by atoms with E-state index >= 15 is 0 Å². The van der Waals surface area contributed by atoms with Gasteiger partial charge in [0.1, 0.15) is 0 Å². The number of pyridine rings is 1. The lowest BCUT2D eigenvalue weighted by molar-refractivity contribution is -0.120. The Kier molecular flexibility index (Phi) is 5.24. The van der Waals surface area contributed by atoms with Crippen LogP contribution >= 0.6 is 0 Å². The molecule has 1 aromatic heterocycles.